The van der Waals surface area contributed by atoms with Crippen LogP contribution in [0.4, 0.5) is 11.4 Å². The van der Waals surface area contributed by atoms with E-state index in [0.717, 1.165) is 11.1 Å². The van der Waals surface area contributed by atoms with Gasteiger partial charge in [0.15, 0.2) is 5.84 Å². The van der Waals surface area contributed by atoms with E-state index in [1.807, 2.05) is 31.2 Å². The van der Waals surface area contributed by atoms with Crippen LogP contribution in [0.1, 0.15) is 15.4 Å². The van der Waals surface area contributed by atoms with Crippen LogP contribution in [0.3, 0.4) is 0 Å². The molecule has 144 valence electrons. The van der Waals surface area contributed by atoms with Crippen molar-refractivity contribution in [2.45, 2.75) is 6.92 Å². The lowest BCUT2D eigenvalue weighted by molar-refractivity contribution is 0.102. The van der Waals surface area contributed by atoms with Crippen molar-refractivity contribution in [2.24, 2.45) is 10.8 Å². The molecule has 0 spiro atoms. The molecule has 5 N–H and O–H groups in total. The Bertz CT molecular complexity index is 1110. The van der Waals surface area contributed by atoms with E-state index in [1.165, 1.54) is 11.3 Å². The van der Waals surface area contributed by atoms with E-state index in [1.54, 1.807) is 30.3 Å². The van der Waals surface area contributed by atoms with Crippen molar-refractivity contribution in [3.63, 3.8) is 0 Å². The van der Waals surface area contributed by atoms with Gasteiger partial charge < -0.3 is 11.1 Å². The number of amides is 1. The highest BCUT2D eigenvalue weighted by Crippen LogP contribution is 2.25. The van der Waals surface area contributed by atoms with Gasteiger partial charge in [0.1, 0.15) is 11.1 Å². The Morgan fingerprint density at radius 3 is 2.41 bits per heavy atom. The lowest BCUT2D eigenvalue weighted by Gasteiger charge is -2.02. The summed E-state index contributed by atoms with van der Waals surface area (Å²) in [5, 5.41) is 31.5. The van der Waals surface area contributed by atoms with Crippen molar-refractivity contribution in [1.29, 1.82) is 10.7 Å². The first-order valence-corrected chi connectivity index (χ1v) is 9.18. The van der Waals surface area contributed by atoms with Crippen LogP contribution in [-0.4, -0.2) is 27.7 Å². The number of hydrazone groups is 1. The smallest absolute Gasteiger partial charge is 0.286 e. The number of nitrogens with one attached hydrogen (secondary N) is 3. The summed E-state index contributed by atoms with van der Waals surface area (Å²) in [4.78, 5) is 12.3. The Kier molecular flexibility index (Phi) is 5.91. The van der Waals surface area contributed by atoms with E-state index in [0.29, 0.717) is 16.4 Å². The number of aryl methyl sites for hydroxylation is 1. The highest BCUT2D eigenvalue weighted by Gasteiger charge is 2.14. The number of nitriles is 1. The standard InChI is InChI=1S/C19H16N8OS/c1-11-2-6-13(7-3-11)23-17(28)19-27-26-18(29-19)12-4-8-14(9-5-12)24-25-15(10-20)16(21)22/h2-9,24H,1H3,(H3,21,22)(H,23,28)/b25-15+. The van der Waals surface area contributed by atoms with E-state index in [-0.39, 0.29) is 16.6 Å². The SMILES string of the molecule is Cc1ccc(NC(=O)c2nnc(-c3ccc(N/N=C(\C#N)C(=N)N)cc3)s2)cc1. The van der Waals surface area contributed by atoms with Crippen molar-refractivity contribution in [2.75, 3.05) is 10.7 Å². The second kappa shape index (κ2) is 8.73. The van der Waals surface area contributed by atoms with Crippen LogP contribution in [0.5, 0.6) is 0 Å². The summed E-state index contributed by atoms with van der Waals surface area (Å²) in [5.41, 5.74) is 10.9. The summed E-state index contributed by atoms with van der Waals surface area (Å²) in [5.74, 6) is -0.736. The van der Waals surface area contributed by atoms with Crippen LogP contribution in [0.15, 0.2) is 53.6 Å². The van der Waals surface area contributed by atoms with Gasteiger partial charge in [0.05, 0.1) is 5.69 Å². The van der Waals surface area contributed by atoms with Gasteiger partial charge >= 0.3 is 0 Å². The maximum atomic E-state index is 12.3. The number of hydrogen-bond acceptors (Lipinski definition) is 8. The minimum Gasteiger partial charge on any atom is -0.382 e. The molecule has 29 heavy (non-hydrogen) atoms. The number of carbonyl (C=O) groups is 1. The molecule has 0 radical (unpaired) electrons. The van der Waals surface area contributed by atoms with Gasteiger partial charge in [-0.25, -0.2) is 0 Å². The van der Waals surface area contributed by atoms with Crippen LogP contribution >= 0.6 is 11.3 Å². The Hall–Kier alpha value is -4.10. The van der Waals surface area contributed by atoms with E-state index < -0.39 is 5.84 Å². The van der Waals surface area contributed by atoms with E-state index >= 15 is 0 Å². The fraction of sp³-hybridized carbons (Fsp3) is 0.0526. The first-order valence-electron chi connectivity index (χ1n) is 8.36. The predicted molar refractivity (Wildman–Crippen MR) is 113 cm³/mol. The van der Waals surface area contributed by atoms with Gasteiger partial charge in [-0.15, -0.1) is 10.2 Å². The Morgan fingerprint density at radius 1 is 1.14 bits per heavy atom. The number of aromatic nitrogens is 2. The zero-order valence-electron chi connectivity index (χ0n) is 15.3. The zero-order chi connectivity index (χ0) is 20.8. The third-order valence-corrected chi connectivity index (χ3v) is 4.69. The van der Waals surface area contributed by atoms with Crippen molar-refractivity contribution in [1.82, 2.24) is 10.2 Å². The molecule has 2 aromatic carbocycles. The van der Waals surface area contributed by atoms with Crippen molar-refractivity contribution in [3.05, 3.63) is 59.1 Å². The molecule has 1 aromatic heterocycles. The summed E-state index contributed by atoms with van der Waals surface area (Å²) in [6.07, 6.45) is 0. The molecule has 0 saturated carbocycles. The van der Waals surface area contributed by atoms with E-state index in [4.69, 9.17) is 16.4 Å². The summed E-state index contributed by atoms with van der Waals surface area (Å²) in [6.45, 7) is 1.97. The highest BCUT2D eigenvalue weighted by atomic mass is 32.1. The normalized spacial score (nSPS) is 10.8. The topological polar surface area (TPSA) is 153 Å². The number of nitrogens with zero attached hydrogens (tertiary/aromatic N) is 4. The molecule has 1 heterocycles. The summed E-state index contributed by atoms with van der Waals surface area (Å²) < 4.78 is 0. The average Bonchev–Trinajstić information content (AvgIpc) is 3.21. The maximum Gasteiger partial charge on any atom is 0.286 e. The van der Waals surface area contributed by atoms with Gasteiger partial charge in [-0.05, 0) is 43.3 Å². The molecular weight excluding hydrogens is 388 g/mol. The number of rotatable bonds is 6. The minimum absolute atomic E-state index is 0.206. The van der Waals surface area contributed by atoms with Gasteiger partial charge in [-0.1, -0.05) is 29.0 Å². The third-order valence-electron chi connectivity index (χ3n) is 3.72. The number of amidine groups is 1. The van der Waals surface area contributed by atoms with Crippen LogP contribution in [0, 0.1) is 23.7 Å². The van der Waals surface area contributed by atoms with Crippen LogP contribution in [-0.2, 0) is 0 Å². The number of anilines is 2. The number of nitrogens with two attached hydrogens (primary N) is 1. The van der Waals surface area contributed by atoms with Gasteiger partial charge in [0.25, 0.3) is 5.91 Å². The van der Waals surface area contributed by atoms with Crippen molar-refractivity contribution < 1.29 is 4.79 Å². The molecule has 0 unspecified atom stereocenters. The number of hydrogen-bond donors (Lipinski definition) is 4. The molecule has 0 aliphatic carbocycles. The zero-order valence-corrected chi connectivity index (χ0v) is 16.1. The molecule has 0 fully saturated rings. The van der Waals surface area contributed by atoms with Gasteiger partial charge in [0, 0.05) is 11.3 Å². The van der Waals surface area contributed by atoms with E-state index in [9.17, 15) is 4.79 Å². The van der Waals surface area contributed by atoms with Gasteiger partial charge in [-0.3, -0.25) is 15.6 Å². The van der Waals surface area contributed by atoms with Crippen molar-refractivity contribution >= 4 is 40.2 Å². The molecule has 3 aromatic rings. The average molecular weight is 404 g/mol. The lowest BCUT2D eigenvalue weighted by atomic mass is 10.2. The maximum absolute atomic E-state index is 12.3. The second-order valence-electron chi connectivity index (χ2n) is 5.91. The molecule has 9 nitrogen and oxygen atoms in total. The van der Waals surface area contributed by atoms with E-state index in [2.05, 4.69) is 26.0 Å². The molecule has 3 rings (SSSR count). The molecule has 1 amide bonds. The Morgan fingerprint density at radius 2 is 1.79 bits per heavy atom. The largest absolute Gasteiger partial charge is 0.382 e. The molecule has 10 heteroatoms. The van der Waals surface area contributed by atoms with Crippen LogP contribution in [0.25, 0.3) is 10.6 Å². The number of benzene rings is 2. The first-order chi connectivity index (χ1) is 14.0. The summed E-state index contributed by atoms with van der Waals surface area (Å²) >= 11 is 1.18. The van der Waals surface area contributed by atoms with Gasteiger partial charge in [0.2, 0.25) is 10.7 Å². The Labute approximate surface area is 170 Å². The Balaban J connectivity index is 1.68. The fourth-order valence-corrected chi connectivity index (χ4v) is 2.95. The fourth-order valence-electron chi connectivity index (χ4n) is 2.21. The van der Waals surface area contributed by atoms with Gasteiger partial charge in [-0.2, -0.15) is 10.4 Å². The lowest BCUT2D eigenvalue weighted by Crippen LogP contribution is -2.21. The summed E-state index contributed by atoms with van der Waals surface area (Å²) in [6, 6.07) is 16.2. The van der Waals surface area contributed by atoms with Crippen LogP contribution < -0.4 is 16.5 Å². The minimum atomic E-state index is -0.415. The summed E-state index contributed by atoms with van der Waals surface area (Å²) in [7, 11) is 0. The first kappa shape index (κ1) is 19.7. The molecule has 0 bridgehead atoms. The van der Waals surface area contributed by atoms with Crippen LogP contribution in [0.2, 0.25) is 0 Å². The highest BCUT2D eigenvalue weighted by molar-refractivity contribution is 7.16. The third kappa shape index (κ3) is 5.00. The predicted octanol–water partition coefficient (Wildman–Crippen LogP) is 2.99. The second-order valence-corrected chi connectivity index (χ2v) is 6.89. The molecule has 0 aliphatic heterocycles. The molecule has 0 atom stereocenters. The number of carbonyl (C=O) groups excluding carboxylic acids is 1. The monoisotopic (exact) mass is 404 g/mol. The van der Waals surface area contributed by atoms with Crippen molar-refractivity contribution in [3.8, 4) is 16.6 Å². The molecule has 0 saturated heterocycles. The quantitative estimate of drug-likeness (QED) is 0.281. The molecular formula is C19H16N8OS. The molecule has 0 aliphatic rings.